The van der Waals surface area contributed by atoms with E-state index in [1.54, 1.807) is 0 Å². The minimum Gasteiger partial charge on any atom is -0.476 e. The second-order valence-electron chi connectivity index (χ2n) is 5.04. The molecule has 1 heterocycles. The maximum absolute atomic E-state index is 11.4. The SMILES string of the molecule is Cc1ccc(Nc2cnc(C(C)C)nc2C(=O)O)cc1Br. The predicted octanol–water partition coefficient (Wildman–Crippen LogP) is 4.11. The molecular weight excluding hydrogens is 334 g/mol. The summed E-state index contributed by atoms with van der Waals surface area (Å²) >= 11 is 3.45. The molecule has 6 heteroatoms. The van der Waals surface area contributed by atoms with Crippen molar-refractivity contribution in [1.29, 1.82) is 0 Å². The molecule has 0 aliphatic heterocycles. The average Bonchev–Trinajstić information content (AvgIpc) is 2.43. The second-order valence-corrected chi connectivity index (χ2v) is 5.89. The molecule has 0 atom stereocenters. The molecule has 0 aliphatic rings. The summed E-state index contributed by atoms with van der Waals surface area (Å²) in [6, 6.07) is 5.70. The van der Waals surface area contributed by atoms with E-state index in [9.17, 15) is 9.90 Å². The lowest BCUT2D eigenvalue weighted by atomic mass is 10.2. The largest absolute Gasteiger partial charge is 0.476 e. The smallest absolute Gasteiger partial charge is 0.356 e. The summed E-state index contributed by atoms with van der Waals surface area (Å²) in [6.45, 7) is 5.83. The van der Waals surface area contributed by atoms with Crippen LogP contribution in [0.5, 0.6) is 0 Å². The molecule has 110 valence electrons. The molecule has 0 saturated heterocycles. The molecule has 1 aromatic heterocycles. The zero-order valence-electron chi connectivity index (χ0n) is 12.0. The van der Waals surface area contributed by atoms with Gasteiger partial charge in [-0.25, -0.2) is 14.8 Å². The van der Waals surface area contributed by atoms with Crippen molar-refractivity contribution in [3.8, 4) is 0 Å². The number of aryl methyl sites for hydroxylation is 1. The van der Waals surface area contributed by atoms with E-state index in [2.05, 4.69) is 31.2 Å². The lowest BCUT2D eigenvalue weighted by molar-refractivity contribution is 0.0691. The number of hydrogen-bond acceptors (Lipinski definition) is 4. The van der Waals surface area contributed by atoms with Crippen molar-refractivity contribution < 1.29 is 9.90 Å². The average molecular weight is 350 g/mol. The van der Waals surface area contributed by atoms with Crippen molar-refractivity contribution in [3.63, 3.8) is 0 Å². The Bertz CT molecular complexity index is 687. The maximum Gasteiger partial charge on any atom is 0.356 e. The lowest BCUT2D eigenvalue weighted by Gasteiger charge is -2.12. The van der Waals surface area contributed by atoms with Gasteiger partial charge in [-0.1, -0.05) is 35.8 Å². The molecule has 5 nitrogen and oxygen atoms in total. The van der Waals surface area contributed by atoms with Crippen LogP contribution in [0.3, 0.4) is 0 Å². The van der Waals surface area contributed by atoms with Crippen LogP contribution in [0, 0.1) is 6.92 Å². The molecule has 0 radical (unpaired) electrons. The number of carboxylic acid groups (broad SMARTS) is 1. The Balaban J connectivity index is 2.39. The molecule has 0 fully saturated rings. The fourth-order valence-corrected chi connectivity index (χ4v) is 2.13. The third kappa shape index (κ3) is 3.58. The molecule has 0 spiro atoms. The molecule has 0 amide bonds. The van der Waals surface area contributed by atoms with Gasteiger partial charge in [-0.2, -0.15) is 0 Å². The molecular formula is C15H16BrN3O2. The van der Waals surface area contributed by atoms with Gasteiger partial charge in [-0.15, -0.1) is 0 Å². The first-order valence-electron chi connectivity index (χ1n) is 6.52. The normalized spacial score (nSPS) is 10.7. The highest BCUT2D eigenvalue weighted by atomic mass is 79.9. The van der Waals surface area contributed by atoms with Gasteiger partial charge < -0.3 is 10.4 Å². The number of hydrogen-bond donors (Lipinski definition) is 2. The number of nitrogens with one attached hydrogen (secondary N) is 1. The Morgan fingerprint density at radius 2 is 2.10 bits per heavy atom. The molecule has 2 rings (SSSR count). The summed E-state index contributed by atoms with van der Waals surface area (Å²) in [5, 5.41) is 12.4. The number of anilines is 2. The maximum atomic E-state index is 11.4. The highest BCUT2D eigenvalue weighted by Gasteiger charge is 2.16. The van der Waals surface area contributed by atoms with Crippen LogP contribution in [0.1, 0.15) is 41.6 Å². The van der Waals surface area contributed by atoms with Crippen LogP contribution in [-0.4, -0.2) is 21.0 Å². The van der Waals surface area contributed by atoms with Crippen LogP contribution in [0.15, 0.2) is 28.9 Å². The fourth-order valence-electron chi connectivity index (χ4n) is 1.75. The highest BCUT2D eigenvalue weighted by molar-refractivity contribution is 9.10. The van der Waals surface area contributed by atoms with Crippen molar-refractivity contribution >= 4 is 33.3 Å². The molecule has 2 aromatic rings. The van der Waals surface area contributed by atoms with Gasteiger partial charge in [0.2, 0.25) is 0 Å². The van der Waals surface area contributed by atoms with E-state index in [-0.39, 0.29) is 11.6 Å². The quantitative estimate of drug-likeness (QED) is 0.868. The van der Waals surface area contributed by atoms with Crippen molar-refractivity contribution in [2.45, 2.75) is 26.7 Å². The van der Waals surface area contributed by atoms with E-state index in [0.717, 1.165) is 15.7 Å². The van der Waals surface area contributed by atoms with Crippen LogP contribution in [0.4, 0.5) is 11.4 Å². The van der Waals surface area contributed by atoms with Gasteiger partial charge in [0, 0.05) is 16.1 Å². The number of rotatable bonds is 4. The van der Waals surface area contributed by atoms with E-state index < -0.39 is 5.97 Å². The summed E-state index contributed by atoms with van der Waals surface area (Å²) in [6.07, 6.45) is 1.51. The zero-order valence-corrected chi connectivity index (χ0v) is 13.6. The fraction of sp³-hybridized carbons (Fsp3) is 0.267. The molecule has 1 aromatic carbocycles. The topological polar surface area (TPSA) is 75.1 Å². The molecule has 0 saturated carbocycles. The predicted molar refractivity (Wildman–Crippen MR) is 85.2 cm³/mol. The number of halogens is 1. The van der Waals surface area contributed by atoms with E-state index >= 15 is 0 Å². The number of benzene rings is 1. The van der Waals surface area contributed by atoms with Gasteiger partial charge in [-0.3, -0.25) is 0 Å². The standard InChI is InChI=1S/C15H16BrN3O2/c1-8(2)14-17-7-12(13(19-14)15(20)21)18-10-5-4-9(3)11(16)6-10/h4-8,18H,1-3H3,(H,20,21). The Kier molecular flexibility index (Phi) is 4.57. The van der Waals surface area contributed by atoms with Crippen LogP contribution in [0.2, 0.25) is 0 Å². The summed E-state index contributed by atoms with van der Waals surface area (Å²) in [5.74, 6) is -0.485. The summed E-state index contributed by atoms with van der Waals surface area (Å²) in [5.41, 5.74) is 2.23. The summed E-state index contributed by atoms with van der Waals surface area (Å²) in [4.78, 5) is 19.7. The molecule has 0 bridgehead atoms. The van der Waals surface area contributed by atoms with Gasteiger partial charge >= 0.3 is 5.97 Å². The molecule has 0 aliphatic carbocycles. The zero-order chi connectivity index (χ0) is 15.6. The van der Waals surface area contributed by atoms with Crippen molar-refractivity contribution in [3.05, 3.63) is 46.0 Å². The monoisotopic (exact) mass is 349 g/mol. The van der Waals surface area contributed by atoms with Crippen LogP contribution in [-0.2, 0) is 0 Å². The van der Waals surface area contributed by atoms with E-state index in [4.69, 9.17) is 0 Å². The minimum absolute atomic E-state index is 0.0228. The molecule has 21 heavy (non-hydrogen) atoms. The minimum atomic E-state index is -1.08. The molecule has 2 N–H and O–H groups in total. The second kappa shape index (κ2) is 6.22. The van der Waals surface area contributed by atoms with Crippen molar-refractivity contribution in [2.75, 3.05) is 5.32 Å². The lowest BCUT2D eigenvalue weighted by Crippen LogP contribution is -2.10. The highest BCUT2D eigenvalue weighted by Crippen LogP contribution is 2.25. The number of aromatic carboxylic acids is 1. The third-order valence-corrected chi connectivity index (χ3v) is 3.83. The molecule has 0 unspecified atom stereocenters. The number of nitrogens with zero attached hydrogens (tertiary/aromatic N) is 2. The Morgan fingerprint density at radius 1 is 1.38 bits per heavy atom. The van der Waals surface area contributed by atoms with Gasteiger partial charge in [-0.05, 0) is 24.6 Å². The van der Waals surface area contributed by atoms with Gasteiger partial charge in [0.1, 0.15) is 5.82 Å². The first-order valence-corrected chi connectivity index (χ1v) is 7.31. The number of aromatic nitrogens is 2. The Morgan fingerprint density at radius 3 is 2.67 bits per heavy atom. The Hall–Kier alpha value is -1.95. The van der Waals surface area contributed by atoms with Crippen molar-refractivity contribution in [2.24, 2.45) is 0 Å². The third-order valence-electron chi connectivity index (χ3n) is 2.98. The number of carbonyl (C=O) groups is 1. The summed E-state index contributed by atoms with van der Waals surface area (Å²) < 4.78 is 0.948. The first kappa shape index (κ1) is 15.4. The van der Waals surface area contributed by atoms with Gasteiger partial charge in [0.25, 0.3) is 0 Å². The number of carboxylic acids is 1. The van der Waals surface area contributed by atoms with Crippen molar-refractivity contribution in [1.82, 2.24) is 9.97 Å². The van der Waals surface area contributed by atoms with Gasteiger partial charge in [0.05, 0.1) is 11.9 Å². The first-order chi connectivity index (χ1) is 9.88. The summed E-state index contributed by atoms with van der Waals surface area (Å²) in [7, 11) is 0. The van der Waals surface area contributed by atoms with E-state index in [1.807, 2.05) is 39.0 Å². The Labute approximate surface area is 131 Å². The van der Waals surface area contributed by atoms with Crippen LogP contribution >= 0.6 is 15.9 Å². The van der Waals surface area contributed by atoms with Crippen LogP contribution < -0.4 is 5.32 Å². The van der Waals surface area contributed by atoms with E-state index in [0.29, 0.717) is 11.5 Å². The van der Waals surface area contributed by atoms with Crippen LogP contribution in [0.25, 0.3) is 0 Å². The van der Waals surface area contributed by atoms with Gasteiger partial charge in [0.15, 0.2) is 5.69 Å². The van der Waals surface area contributed by atoms with E-state index in [1.165, 1.54) is 6.20 Å².